The molecule has 1 aromatic carbocycles. The van der Waals surface area contributed by atoms with Gasteiger partial charge in [-0.2, -0.15) is 0 Å². The Kier molecular flexibility index (Phi) is 5.49. The normalized spacial score (nSPS) is 36.9. The molecule has 0 spiro atoms. The standard InChI is InChI=1S/C23H37N3O2/c1-15-10-16-13-23(2,27)14-17(11-15)22(16)26-8-6-18(7-9-26)25-19-4-5-20(24)21(12-19)28-3/h4-5,12,15-18,22,25,27H,6-11,13-14,24H2,1-3H3/t15-,16?,17?,22-,23-. The Morgan fingerprint density at radius 3 is 2.43 bits per heavy atom. The van der Waals surface area contributed by atoms with Crippen LogP contribution in [0.2, 0.25) is 0 Å². The van der Waals surface area contributed by atoms with Crippen molar-refractivity contribution in [3.05, 3.63) is 18.2 Å². The maximum absolute atomic E-state index is 10.7. The van der Waals surface area contributed by atoms with Crippen molar-refractivity contribution in [2.75, 3.05) is 31.2 Å². The van der Waals surface area contributed by atoms with Crippen LogP contribution < -0.4 is 15.8 Å². The highest BCUT2D eigenvalue weighted by atomic mass is 16.5. The molecule has 1 aliphatic heterocycles. The van der Waals surface area contributed by atoms with E-state index in [2.05, 4.69) is 24.1 Å². The Morgan fingerprint density at radius 2 is 1.82 bits per heavy atom. The van der Waals surface area contributed by atoms with Crippen LogP contribution in [0.15, 0.2) is 18.2 Å². The lowest BCUT2D eigenvalue weighted by Gasteiger charge is -2.55. The van der Waals surface area contributed by atoms with Gasteiger partial charge in [0, 0.05) is 36.9 Å². The number of hydrogen-bond donors (Lipinski definition) is 3. The minimum Gasteiger partial charge on any atom is -0.495 e. The van der Waals surface area contributed by atoms with Crippen molar-refractivity contribution in [2.24, 2.45) is 17.8 Å². The Bertz CT molecular complexity index is 666. The summed E-state index contributed by atoms with van der Waals surface area (Å²) < 4.78 is 5.35. The van der Waals surface area contributed by atoms with Gasteiger partial charge < -0.3 is 20.9 Å². The first-order valence-corrected chi connectivity index (χ1v) is 11.0. The lowest BCUT2D eigenvalue weighted by molar-refractivity contribution is -0.0984. The van der Waals surface area contributed by atoms with Gasteiger partial charge in [-0.3, -0.25) is 4.90 Å². The molecule has 2 atom stereocenters. The average Bonchev–Trinajstić information content (AvgIpc) is 2.62. The smallest absolute Gasteiger partial charge is 0.143 e. The zero-order chi connectivity index (χ0) is 19.9. The zero-order valence-corrected chi connectivity index (χ0v) is 17.7. The summed E-state index contributed by atoms with van der Waals surface area (Å²) in [4.78, 5) is 2.75. The van der Waals surface area contributed by atoms with Crippen LogP contribution in [0.4, 0.5) is 11.4 Å². The van der Waals surface area contributed by atoms with Crippen LogP contribution in [0.1, 0.15) is 52.4 Å². The Hall–Kier alpha value is -1.46. The van der Waals surface area contributed by atoms with Crippen molar-refractivity contribution in [3.63, 3.8) is 0 Å². The van der Waals surface area contributed by atoms with Crippen LogP contribution in [0.25, 0.3) is 0 Å². The van der Waals surface area contributed by atoms with Gasteiger partial charge >= 0.3 is 0 Å². The van der Waals surface area contributed by atoms with Crippen molar-refractivity contribution >= 4 is 11.4 Å². The van der Waals surface area contributed by atoms with Crippen molar-refractivity contribution in [1.82, 2.24) is 4.90 Å². The van der Waals surface area contributed by atoms with Crippen LogP contribution in [0.3, 0.4) is 0 Å². The van der Waals surface area contributed by atoms with Crippen molar-refractivity contribution < 1.29 is 9.84 Å². The van der Waals surface area contributed by atoms with E-state index in [4.69, 9.17) is 10.5 Å². The minimum atomic E-state index is -0.458. The molecule has 2 unspecified atom stereocenters. The fourth-order valence-electron chi connectivity index (χ4n) is 6.39. The molecule has 1 aromatic rings. The van der Waals surface area contributed by atoms with Crippen LogP contribution in [-0.4, -0.2) is 47.9 Å². The molecule has 0 aromatic heterocycles. The molecule has 3 fully saturated rings. The van der Waals surface area contributed by atoms with E-state index in [1.165, 1.54) is 12.8 Å². The van der Waals surface area contributed by atoms with Gasteiger partial charge in [0.2, 0.25) is 0 Å². The molecule has 5 heteroatoms. The van der Waals surface area contributed by atoms with Gasteiger partial charge in [0.05, 0.1) is 18.4 Å². The number of likely N-dealkylation sites (tertiary alicyclic amines) is 1. The number of nitrogens with two attached hydrogens (primary N) is 1. The molecule has 2 saturated carbocycles. The van der Waals surface area contributed by atoms with Gasteiger partial charge in [-0.05, 0) is 75.3 Å². The summed E-state index contributed by atoms with van der Waals surface area (Å²) in [5.41, 5.74) is 7.24. The maximum atomic E-state index is 10.7. The summed E-state index contributed by atoms with van der Waals surface area (Å²) in [7, 11) is 1.66. The van der Waals surface area contributed by atoms with Gasteiger partial charge in [0.25, 0.3) is 0 Å². The van der Waals surface area contributed by atoms with Crippen molar-refractivity contribution in [1.29, 1.82) is 0 Å². The third-order valence-corrected chi connectivity index (χ3v) is 7.34. The molecular formula is C23H37N3O2. The molecule has 3 aliphatic rings. The molecule has 2 aliphatic carbocycles. The Balaban J connectivity index is 1.36. The second kappa shape index (κ2) is 7.75. The SMILES string of the molecule is COc1cc(NC2CCN([C@H]3C4C[C@H](C)CC3C[C@@](C)(O)C4)CC2)ccc1N. The van der Waals surface area contributed by atoms with E-state index in [0.717, 1.165) is 56.1 Å². The van der Waals surface area contributed by atoms with Crippen LogP contribution in [-0.2, 0) is 0 Å². The first-order chi connectivity index (χ1) is 13.3. The molecule has 4 rings (SSSR count). The number of fused-ring (bicyclic) bond motifs is 2. The van der Waals surface area contributed by atoms with E-state index in [1.807, 2.05) is 18.2 Å². The molecule has 2 bridgehead atoms. The van der Waals surface area contributed by atoms with Gasteiger partial charge in [0.1, 0.15) is 5.75 Å². The predicted molar refractivity (Wildman–Crippen MR) is 115 cm³/mol. The minimum absolute atomic E-state index is 0.458. The third-order valence-electron chi connectivity index (χ3n) is 7.34. The fourth-order valence-corrected chi connectivity index (χ4v) is 6.39. The van der Waals surface area contributed by atoms with Crippen molar-refractivity contribution in [3.8, 4) is 5.75 Å². The number of benzene rings is 1. The van der Waals surface area contributed by atoms with Gasteiger partial charge in [-0.1, -0.05) is 6.92 Å². The van der Waals surface area contributed by atoms with E-state index in [9.17, 15) is 5.11 Å². The highest BCUT2D eigenvalue weighted by molar-refractivity contribution is 5.61. The van der Waals surface area contributed by atoms with Gasteiger partial charge in [-0.25, -0.2) is 0 Å². The van der Waals surface area contributed by atoms with Crippen LogP contribution >= 0.6 is 0 Å². The van der Waals surface area contributed by atoms with Gasteiger partial charge in [-0.15, -0.1) is 0 Å². The van der Waals surface area contributed by atoms with Crippen LogP contribution in [0, 0.1) is 17.8 Å². The van der Waals surface area contributed by atoms with E-state index >= 15 is 0 Å². The van der Waals surface area contributed by atoms with E-state index in [0.29, 0.717) is 29.6 Å². The maximum Gasteiger partial charge on any atom is 0.143 e. The average molecular weight is 388 g/mol. The number of ether oxygens (including phenoxy) is 1. The summed E-state index contributed by atoms with van der Waals surface area (Å²) in [6.07, 6.45) is 6.83. The quantitative estimate of drug-likeness (QED) is 0.687. The summed E-state index contributed by atoms with van der Waals surface area (Å²) in [5, 5.41) is 14.4. The molecule has 4 N–H and O–H groups in total. The zero-order valence-electron chi connectivity index (χ0n) is 17.7. The summed E-state index contributed by atoms with van der Waals surface area (Å²) in [5.74, 6) is 2.85. The number of nitrogen functional groups attached to an aromatic ring is 1. The number of hydrogen-bond acceptors (Lipinski definition) is 5. The monoisotopic (exact) mass is 387 g/mol. The molecular weight excluding hydrogens is 350 g/mol. The molecule has 28 heavy (non-hydrogen) atoms. The number of rotatable bonds is 4. The van der Waals surface area contributed by atoms with E-state index in [1.54, 1.807) is 7.11 Å². The van der Waals surface area contributed by atoms with Gasteiger partial charge in [0.15, 0.2) is 0 Å². The summed E-state index contributed by atoms with van der Waals surface area (Å²) in [6.45, 7) is 6.75. The third kappa shape index (κ3) is 4.11. The summed E-state index contributed by atoms with van der Waals surface area (Å²) >= 11 is 0. The molecule has 0 amide bonds. The highest BCUT2D eigenvalue weighted by Gasteiger charge is 2.48. The lowest BCUT2D eigenvalue weighted by atomic mass is 9.60. The Labute approximate surface area is 169 Å². The number of nitrogens with zero attached hydrogens (tertiary/aromatic N) is 1. The molecule has 156 valence electrons. The largest absolute Gasteiger partial charge is 0.495 e. The summed E-state index contributed by atoms with van der Waals surface area (Å²) in [6, 6.07) is 7.12. The molecule has 0 radical (unpaired) electrons. The Morgan fingerprint density at radius 1 is 1.18 bits per heavy atom. The topological polar surface area (TPSA) is 70.8 Å². The second-order valence-corrected chi connectivity index (χ2v) is 9.90. The number of methoxy groups -OCH3 is 1. The first-order valence-electron chi connectivity index (χ1n) is 11.0. The second-order valence-electron chi connectivity index (χ2n) is 9.90. The van der Waals surface area contributed by atoms with Crippen LogP contribution in [0.5, 0.6) is 5.75 Å². The molecule has 1 heterocycles. The number of aliphatic hydroxyl groups is 1. The van der Waals surface area contributed by atoms with E-state index < -0.39 is 5.60 Å². The number of piperidine rings is 1. The highest BCUT2D eigenvalue weighted by Crippen LogP contribution is 2.49. The van der Waals surface area contributed by atoms with Crippen molar-refractivity contribution in [2.45, 2.75) is 70.1 Å². The first kappa shape index (κ1) is 19.8. The fraction of sp³-hybridized carbons (Fsp3) is 0.739. The molecule has 1 saturated heterocycles. The van der Waals surface area contributed by atoms with E-state index in [-0.39, 0.29) is 0 Å². The number of anilines is 2. The lowest BCUT2D eigenvalue weighted by Crippen LogP contribution is -2.58. The number of nitrogens with one attached hydrogen (secondary N) is 1. The molecule has 5 nitrogen and oxygen atoms in total. The predicted octanol–water partition coefficient (Wildman–Crippen LogP) is 3.73.